The lowest BCUT2D eigenvalue weighted by Crippen LogP contribution is -2.24. The van der Waals surface area contributed by atoms with Crippen molar-refractivity contribution >= 4 is 5.97 Å². The zero-order valence-corrected chi connectivity index (χ0v) is 13.2. The van der Waals surface area contributed by atoms with E-state index in [0.29, 0.717) is 18.3 Å². The van der Waals surface area contributed by atoms with Crippen LogP contribution in [0.1, 0.15) is 64.1 Å². The van der Waals surface area contributed by atoms with E-state index in [4.69, 9.17) is 14.0 Å². The Labute approximate surface area is 125 Å². The monoisotopic (exact) mass is 296 g/mol. The Morgan fingerprint density at radius 3 is 2.67 bits per heavy atom. The molecule has 1 aromatic rings. The van der Waals surface area contributed by atoms with Gasteiger partial charge in [0.25, 0.3) is 0 Å². The van der Waals surface area contributed by atoms with Crippen LogP contribution in [-0.4, -0.2) is 29.8 Å². The van der Waals surface area contributed by atoms with E-state index in [2.05, 4.69) is 10.1 Å². The number of hydrogen-bond acceptors (Lipinski definition) is 6. The molecule has 0 aliphatic heterocycles. The van der Waals surface area contributed by atoms with E-state index < -0.39 is 11.5 Å². The summed E-state index contributed by atoms with van der Waals surface area (Å²) in [6.45, 7) is 6.24. The highest BCUT2D eigenvalue weighted by Crippen LogP contribution is 2.38. The number of hydrogen-bond donors (Lipinski definition) is 0. The highest BCUT2D eigenvalue weighted by atomic mass is 16.5. The first-order chi connectivity index (χ1) is 9.99. The van der Waals surface area contributed by atoms with Crippen LogP contribution in [0.4, 0.5) is 0 Å². The van der Waals surface area contributed by atoms with Gasteiger partial charge in [0, 0.05) is 6.61 Å². The van der Waals surface area contributed by atoms with Gasteiger partial charge in [-0.1, -0.05) is 18.0 Å². The molecule has 0 bridgehead atoms. The molecule has 0 N–H and O–H groups in total. The van der Waals surface area contributed by atoms with Gasteiger partial charge in [0.15, 0.2) is 0 Å². The molecule has 0 radical (unpaired) electrons. The van der Waals surface area contributed by atoms with Crippen LogP contribution in [0.3, 0.4) is 0 Å². The van der Waals surface area contributed by atoms with Crippen molar-refractivity contribution in [3.63, 3.8) is 0 Å². The maximum absolute atomic E-state index is 12.1. The largest absolute Gasteiger partial charge is 0.468 e. The molecule has 0 spiro atoms. The SMILES string of the molecule is CCOC(C)(C)c1noc(C(C(=O)OC)C2CCCC2)n1. The van der Waals surface area contributed by atoms with E-state index in [-0.39, 0.29) is 11.9 Å². The first kappa shape index (κ1) is 15.9. The minimum Gasteiger partial charge on any atom is -0.468 e. The van der Waals surface area contributed by atoms with Crippen LogP contribution < -0.4 is 0 Å². The normalized spacial score (nSPS) is 17.9. The molecule has 6 nitrogen and oxygen atoms in total. The van der Waals surface area contributed by atoms with Crippen molar-refractivity contribution in [2.45, 2.75) is 58.0 Å². The van der Waals surface area contributed by atoms with E-state index >= 15 is 0 Å². The fourth-order valence-electron chi connectivity index (χ4n) is 2.94. The van der Waals surface area contributed by atoms with Crippen molar-refractivity contribution in [3.8, 4) is 0 Å². The van der Waals surface area contributed by atoms with E-state index in [1.165, 1.54) is 7.11 Å². The standard InChI is InChI=1S/C15H24N2O4/c1-5-20-15(2,3)14-16-12(21-17-14)11(13(18)19-4)10-8-6-7-9-10/h10-11H,5-9H2,1-4H3. The zero-order valence-electron chi connectivity index (χ0n) is 13.2. The van der Waals surface area contributed by atoms with E-state index in [0.717, 1.165) is 25.7 Å². The van der Waals surface area contributed by atoms with Crippen molar-refractivity contribution < 1.29 is 18.8 Å². The maximum Gasteiger partial charge on any atom is 0.318 e. The van der Waals surface area contributed by atoms with Crippen LogP contribution in [0.5, 0.6) is 0 Å². The molecule has 0 amide bonds. The Bertz CT molecular complexity index is 478. The van der Waals surface area contributed by atoms with Gasteiger partial charge in [-0.15, -0.1) is 0 Å². The number of rotatable bonds is 6. The topological polar surface area (TPSA) is 74.5 Å². The van der Waals surface area contributed by atoms with Crippen LogP contribution >= 0.6 is 0 Å². The minimum absolute atomic E-state index is 0.223. The van der Waals surface area contributed by atoms with Gasteiger partial charge in [-0.2, -0.15) is 4.98 Å². The number of carbonyl (C=O) groups excluding carboxylic acids is 1. The van der Waals surface area contributed by atoms with Crippen LogP contribution in [-0.2, 0) is 19.9 Å². The Morgan fingerprint density at radius 1 is 1.43 bits per heavy atom. The number of carbonyl (C=O) groups is 1. The summed E-state index contributed by atoms with van der Waals surface area (Å²) in [6.07, 6.45) is 4.24. The van der Waals surface area contributed by atoms with Gasteiger partial charge in [-0.3, -0.25) is 4.79 Å². The van der Waals surface area contributed by atoms with Crippen LogP contribution in [0.2, 0.25) is 0 Å². The molecule has 0 saturated heterocycles. The average molecular weight is 296 g/mol. The predicted molar refractivity (Wildman–Crippen MR) is 75.7 cm³/mol. The lowest BCUT2D eigenvalue weighted by atomic mass is 9.90. The summed E-state index contributed by atoms with van der Waals surface area (Å²) in [5, 5.41) is 4.00. The molecule has 1 aliphatic rings. The second-order valence-electron chi connectivity index (χ2n) is 5.94. The second kappa shape index (κ2) is 6.56. The van der Waals surface area contributed by atoms with E-state index in [9.17, 15) is 4.79 Å². The van der Waals surface area contributed by atoms with Crippen molar-refractivity contribution in [1.29, 1.82) is 0 Å². The smallest absolute Gasteiger partial charge is 0.318 e. The Hall–Kier alpha value is -1.43. The van der Waals surface area contributed by atoms with Gasteiger partial charge >= 0.3 is 5.97 Å². The number of ether oxygens (including phenoxy) is 2. The first-order valence-electron chi connectivity index (χ1n) is 7.55. The van der Waals surface area contributed by atoms with Gasteiger partial charge in [0.05, 0.1) is 7.11 Å². The van der Waals surface area contributed by atoms with Gasteiger partial charge in [-0.25, -0.2) is 0 Å². The Balaban J connectivity index is 2.25. The van der Waals surface area contributed by atoms with Crippen molar-refractivity contribution in [2.75, 3.05) is 13.7 Å². The summed E-state index contributed by atoms with van der Waals surface area (Å²) in [5.74, 6) is 0.270. The number of methoxy groups -OCH3 is 1. The molecular weight excluding hydrogens is 272 g/mol. The third-order valence-corrected chi connectivity index (χ3v) is 4.08. The summed E-state index contributed by atoms with van der Waals surface area (Å²) in [5.41, 5.74) is -0.632. The third-order valence-electron chi connectivity index (χ3n) is 4.08. The summed E-state index contributed by atoms with van der Waals surface area (Å²) in [4.78, 5) is 16.5. The molecule has 1 saturated carbocycles. The van der Waals surface area contributed by atoms with E-state index in [1.54, 1.807) is 0 Å². The highest BCUT2D eigenvalue weighted by Gasteiger charge is 2.38. The molecule has 2 rings (SSSR count). The summed E-state index contributed by atoms with van der Waals surface area (Å²) in [6, 6.07) is 0. The van der Waals surface area contributed by atoms with Crippen molar-refractivity contribution in [3.05, 3.63) is 11.7 Å². The quantitative estimate of drug-likeness (QED) is 0.751. The molecular formula is C15H24N2O4. The first-order valence-corrected chi connectivity index (χ1v) is 7.55. The van der Waals surface area contributed by atoms with Crippen LogP contribution in [0.25, 0.3) is 0 Å². The van der Waals surface area contributed by atoms with Crippen molar-refractivity contribution in [1.82, 2.24) is 10.1 Å². The van der Waals surface area contributed by atoms with Gasteiger partial charge in [0.2, 0.25) is 11.7 Å². The Kier molecular flexibility index (Phi) is 4.98. The lowest BCUT2D eigenvalue weighted by molar-refractivity contribution is -0.144. The molecule has 118 valence electrons. The molecule has 1 atom stereocenters. The molecule has 6 heteroatoms. The number of aromatic nitrogens is 2. The molecule has 0 aromatic carbocycles. The lowest BCUT2D eigenvalue weighted by Gasteiger charge is -2.20. The molecule has 1 unspecified atom stereocenters. The zero-order chi connectivity index (χ0) is 15.5. The fourth-order valence-corrected chi connectivity index (χ4v) is 2.94. The second-order valence-corrected chi connectivity index (χ2v) is 5.94. The third kappa shape index (κ3) is 3.43. The van der Waals surface area contributed by atoms with Gasteiger partial charge in [0.1, 0.15) is 11.5 Å². The minimum atomic E-state index is -0.632. The highest BCUT2D eigenvalue weighted by molar-refractivity contribution is 5.77. The van der Waals surface area contributed by atoms with Gasteiger partial charge < -0.3 is 14.0 Å². The van der Waals surface area contributed by atoms with Gasteiger partial charge in [-0.05, 0) is 39.5 Å². The van der Waals surface area contributed by atoms with Crippen LogP contribution in [0.15, 0.2) is 4.52 Å². The molecule has 1 heterocycles. The Morgan fingerprint density at radius 2 is 2.10 bits per heavy atom. The summed E-state index contributed by atoms with van der Waals surface area (Å²) >= 11 is 0. The molecule has 1 fully saturated rings. The van der Waals surface area contributed by atoms with E-state index in [1.807, 2.05) is 20.8 Å². The molecule has 1 aromatic heterocycles. The molecule has 1 aliphatic carbocycles. The molecule has 21 heavy (non-hydrogen) atoms. The van der Waals surface area contributed by atoms with Crippen molar-refractivity contribution in [2.24, 2.45) is 5.92 Å². The maximum atomic E-state index is 12.1. The number of esters is 1. The summed E-state index contributed by atoms with van der Waals surface area (Å²) < 4.78 is 15.9. The summed E-state index contributed by atoms with van der Waals surface area (Å²) in [7, 11) is 1.39. The predicted octanol–water partition coefficient (Wildman–Crippen LogP) is 2.79. The average Bonchev–Trinajstić information content (AvgIpc) is 3.10. The fraction of sp³-hybridized carbons (Fsp3) is 0.800. The number of nitrogens with zero attached hydrogens (tertiary/aromatic N) is 2. The van der Waals surface area contributed by atoms with Crippen LogP contribution in [0, 0.1) is 5.92 Å².